The van der Waals surface area contributed by atoms with Crippen molar-refractivity contribution in [3.8, 4) is 0 Å². The molecule has 3 nitrogen and oxygen atoms in total. The molecule has 0 saturated heterocycles. The maximum atomic E-state index is 8.96. The second-order valence-corrected chi connectivity index (χ2v) is 5.16. The van der Waals surface area contributed by atoms with Gasteiger partial charge in [0, 0.05) is 41.5 Å². The number of benzene rings is 1. The minimum atomic E-state index is 0.217. The summed E-state index contributed by atoms with van der Waals surface area (Å²) in [5.41, 5.74) is 8.09. The highest BCUT2D eigenvalue weighted by Crippen LogP contribution is 2.28. The number of aliphatic hydroxyl groups is 1. The van der Waals surface area contributed by atoms with Crippen LogP contribution in [0.4, 0.5) is 5.69 Å². The van der Waals surface area contributed by atoms with Crippen molar-refractivity contribution >= 4 is 21.6 Å². The average molecular weight is 301 g/mol. The van der Waals surface area contributed by atoms with E-state index < -0.39 is 0 Å². The third-order valence-electron chi connectivity index (χ3n) is 2.79. The lowest BCUT2D eigenvalue weighted by atomic mass is 10.1. The van der Waals surface area contributed by atoms with Gasteiger partial charge in [-0.15, -0.1) is 0 Å². The van der Waals surface area contributed by atoms with Gasteiger partial charge in [0.25, 0.3) is 0 Å². The van der Waals surface area contributed by atoms with E-state index in [-0.39, 0.29) is 6.61 Å². The van der Waals surface area contributed by atoms with Crippen LogP contribution in [-0.2, 0) is 6.54 Å². The van der Waals surface area contributed by atoms with Gasteiger partial charge in [-0.25, -0.2) is 0 Å². The van der Waals surface area contributed by atoms with Gasteiger partial charge in [-0.05, 0) is 32.4 Å². The molecule has 0 aliphatic heterocycles. The van der Waals surface area contributed by atoms with E-state index in [0.29, 0.717) is 12.6 Å². The maximum absolute atomic E-state index is 8.96. The Morgan fingerprint density at radius 3 is 2.65 bits per heavy atom. The van der Waals surface area contributed by atoms with Crippen molar-refractivity contribution in [1.29, 1.82) is 0 Å². The van der Waals surface area contributed by atoms with Crippen molar-refractivity contribution in [3.05, 3.63) is 28.2 Å². The Kier molecular flexibility index (Phi) is 5.95. The van der Waals surface area contributed by atoms with Crippen LogP contribution >= 0.6 is 15.9 Å². The van der Waals surface area contributed by atoms with E-state index in [1.807, 2.05) is 12.1 Å². The van der Waals surface area contributed by atoms with Gasteiger partial charge in [-0.2, -0.15) is 0 Å². The number of anilines is 1. The molecule has 0 atom stereocenters. The smallest absolute Gasteiger partial charge is 0.0447 e. The molecule has 0 unspecified atom stereocenters. The van der Waals surface area contributed by atoms with Crippen molar-refractivity contribution in [1.82, 2.24) is 0 Å². The highest BCUT2D eigenvalue weighted by molar-refractivity contribution is 9.10. The molecule has 0 radical (unpaired) electrons. The van der Waals surface area contributed by atoms with E-state index in [1.54, 1.807) is 0 Å². The highest BCUT2D eigenvalue weighted by Gasteiger charge is 2.14. The van der Waals surface area contributed by atoms with Crippen molar-refractivity contribution < 1.29 is 5.11 Å². The van der Waals surface area contributed by atoms with Gasteiger partial charge >= 0.3 is 0 Å². The summed E-state index contributed by atoms with van der Waals surface area (Å²) < 4.78 is 1.05. The summed E-state index contributed by atoms with van der Waals surface area (Å²) in [7, 11) is 0. The number of rotatable bonds is 6. The summed E-state index contributed by atoms with van der Waals surface area (Å²) in [6.45, 7) is 5.88. The Morgan fingerprint density at radius 1 is 1.41 bits per heavy atom. The molecule has 0 aromatic heterocycles. The highest BCUT2D eigenvalue weighted by atomic mass is 79.9. The molecule has 3 N–H and O–H groups in total. The zero-order valence-electron chi connectivity index (χ0n) is 10.5. The second-order valence-electron chi connectivity index (χ2n) is 4.31. The molecule has 17 heavy (non-hydrogen) atoms. The molecule has 1 rings (SSSR count). The van der Waals surface area contributed by atoms with Gasteiger partial charge in [0.05, 0.1) is 0 Å². The Bertz CT molecular complexity index is 355. The lowest BCUT2D eigenvalue weighted by Gasteiger charge is -2.31. The van der Waals surface area contributed by atoms with Crippen molar-refractivity contribution in [2.75, 3.05) is 18.1 Å². The Hall–Kier alpha value is -0.580. The number of hydrogen-bond donors (Lipinski definition) is 2. The molecular weight excluding hydrogens is 280 g/mol. The fourth-order valence-corrected chi connectivity index (χ4v) is 2.43. The fraction of sp³-hybridized carbons (Fsp3) is 0.538. The van der Waals surface area contributed by atoms with E-state index in [0.717, 1.165) is 28.7 Å². The van der Waals surface area contributed by atoms with E-state index in [9.17, 15) is 0 Å². The van der Waals surface area contributed by atoms with E-state index in [1.165, 1.54) is 0 Å². The van der Waals surface area contributed by atoms with Crippen LogP contribution in [0.3, 0.4) is 0 Å². The number of hydrogen-bond acceptors (Lipinski definition) is 3. The molecule has 1 aromatic rings. The van der Waals surface area contributed by atoms with Crippen LogP contribution in [0.5, 0.6) is 0 Å². The van der Waals surface area contributed by atoms with Gasteiger partial charge in [-0.1, -0.05) is 22.0 Å². The first-order valence-corrected chi connectivity index (χ1v) is 6.76. The number of halogens is 1. The molecule has 1 aromatic carbocycles. The number of nitrogens with zero attached hydrogens (tertiary/aromatic N) is 1. The molecule has 4 heteroatoms. The lowest BCUT2D eigenvalue weighted by Crippen LogP contribution is -2.33. The monoisotopic (exact) mass is 300 g/mol. The molecule has 0 aliphatic carbocycles. The molecule has 96 valence electrons. The largest absolute Gasteiger partial charge is 0.396 e. The molecule has 0 spiro atoms. The Labute approximate surface area is 112 Å². The zero-order valence-corrected chi connectivity index (χ0v) is 12.1. The molecule has 0 heterocycles. The zero-order chi connectivity index (χ0) is 12.8. The lowest BCUT2D eigenvalue weighted by molar-refractivity contribution is 0.288. The number of nitrogens with two attached hydrogens (primary N) is 1. The molecular formula is C13H21BrN2O. The van der Waals surface area contributed by atoms with Crippen LogP contribution in [0.2, 0.25) is 0 Å². The average Bonchev–Trinajstić information content (AvgIpc) is 2.29. The minimum Gasteiger partial charge on any atom is -0.396 e. The molecule has 0 saturated carbocycles. The van der Waals surface area contributed by atoms with E-state index in [4.69, 9.17) is 10.8 Å². The Balaban J connectivity index is 3.04. The summed E-state index contributed by atoms with van der Waals surface area (Å²) in [6, 6.07) is 6.51. The summed E-state index contributed by atoms with van der Waals surface area (Å²) in [4.78, 5) is 2.28. The second kappa shape index (κ2) is 6.99. The third-order valence-corrected chi connectivity index (χ3v) is 3.53. The molecule has 0 amide bonds. The van der Waals surface area contributed by atoms with Crippen LogP contribution in [0.25, 0.3) is 0 Å². The van der Waals surface area contributed by atoms with Crippen LogP contribution in [0.15, 0.2) is 22.7 Å². The van der Waals surface area contributed by atoms with Gasteiger partial charge in [0.2, 0.25) is 0 Å². The topological polar surface area (TPSA) is 49.5 Å². The maximum Gasteiger partial charge on any atom is 0.0447 e. The normalized spacial score (nSPS) is 10.9. The predicted octanol–water partition coefficient (Wildman–Crippen LogP) is 2.50. The third kappa shape index (κ3) is 3.69. The van der Waals surface area contributed by atoms with Crippen molar-refractivity contribution in [2.45, 2.75) is 32.9 Å². The summed E-state index contributed by atoms with van der Waals surface area (Å²) in [5.74, 6) is 0. The first-order valence-electron chi connectivity index (χ1n) is 5.96. The van der Waals surface area contributed by atoms with Gasteiger partial charge in [-0.3, -0.25) is 0 Å². The van der Waals surface area contributed by atoms with Crippen LogP contribution < -0.4 is 10.6 Å². The van der Waals surface area contributed by atoms with Crippen molar-refractivity contribution in [2.24, 2.45) is 5.73 Å². The first-order chi connectivity index (χ1) is 8.11. The standard InChI is InChI=1S/C13H21BrN2O/c1-10(2)16(7-4-8-17)13-6-3-5-12(14)11(13)9-15/h3,5-6,10,17H,4,7-9,15H2,1-2H3. The van der Waals surface area contributed by atoms with Gasteiger partial charge < -0.3 is 15.7 Å². The van der Waals surface area contributed by atoms with E-state index in [2.05, 4.69) is 40.7 Å². The fourth-order valence-electron chi connectivity index (χ4n) is 1.92. The first kappa shape index (κ1) is 14.5. The molecule has 0 bridgehead atoms. The minimum absolute atomic E-state index is 0.217. The van der Waals surface area contributed by atoms with E-state index >= 15 is 0 Å². The SMILES string of the molecule is CC(C)N(CCCO)c1cccc(Br)c1CN. The van der Waals surface area contributed by atoms with Gasteiger partial charge in [0.15, 0.2) is 0 Å². The molecule has 0 fully saturated rings. The van der Waals surface area contributed by atoms with Gasteiger partial charge in [0.1, 0.15) is 0 Å². The summed E-state index contributed by atoms with van der Waals surface area (Å²) >= 11 is 3.54. The molecule has 0 aliphatic rings. The Morgan fingerprint density at radius 2 is 2.12 bits per heavy atom. The van der Waals surface area contributed by atoms with Crippen LogP contribution in [0, 0.1) is 0 Å². The predicted molar refractivity (Wildman–Crippen MR) is 76.2 cm³/mol. The quantitative estimate of drug-likeness (QED) is 0.849. The van der Waals surface area contributed by atoms with Crippen LogP contribution in [0.1, 0.15) is 25.8 Å². The number of aliphatic hydroxyl groups excluding tert-OH is 1. The summed E-state index contributed by atoms with van der Waals surface area (Å²) in [6.07, 6.45) is 0.773. The van der Waals surface area contributed by atoms with Crippen LogP contribution in [-0.4, -0.2) is 24.3 Å². The summed E-state index contributed by atoms with van der Waals surface area (Å²) in [5, 5.41) is 8.96. The van der Waals surface area contributed by atoms with Crippen molar-refractivity contribution in [3.63, 3.8) is 0 Å².